The van der Waals surface area contributed by atoms with E-state index >= 15 is 0 Å². The van der Waals surface area contributed by atoms with Crippen LogP contribution in [0, 0.1) is 6.92 Å². The van der Waals surface area contributed by atoms with E-state index in [1.807, 2.05) is 0 Å². The van der Waals surface area contributed by atoms with Crippen molar-refractivity contribution in [2.45, 2.75) is 57.0 Å². The lowest BCUT2D eigenvalue weighted by atomic mass is 10.1. The van der Waals surface area contributed by atoms with Crippen LogP contribution in [0.3, 0.4) is 0 Å². The zero-order valence-corrected chi connectivity index (χ0v) is 22.8. The molecule has 2 aromatic rings. The van der Waals surface area contributed by atoms with Crippen LogP contribution in [0.25, 0.3) is 0 Å². The topological polar surface area (TPSA) is 141 Å². The number of carbonyl (C=O) groups excluding carboxylic acids is 2. The molecule has 0 bridgehead atoms. The average Bonchev–Trinajstić information content (AvgIpc) is 3.21. The molecule has 0 fully saturated rings. The predicted octanol–water partition coefficient (Wildman–Crippen LogP) is 2.82. The molecule has 216 valence electrons. The lowest BCUT2D eigenvalue weighted by Gasteiger charge is -2.35. The number of halogens is 3. The highest BCUT2D eigenvalue weighted by Gasteiger charge is 2.51. The molecule has 2 N–H and O–H groups in total. The number of rotatable bonds is 9. The van der Waals surface area contributed by atoms with Crippen molar-refractivity contribution < 1.29 is 45.4 Å². The van der Waals surface area contributed by atoms with E-state index in [9.17, 15) is 31.2 Å². The van der Waals surface area contributed by atoms with E-state index < -0.39 is 34.0 Å². The van der Waals surface area contributed by atoms with Crippen molar-refractivity contribution in [2.24, 2.45) is 0 Å². The fraction of sp³-hybridized carbons (Fsp3) is 0.522. The van der Waals surface area contributed by atoms with E-state index in [0.29, 0.717) is 27.0 Å². The van der Waals surface area contributed by atoms with Crippen LogP contribution in [0.4, 0.5) is 29.3 Å². The molecule has 0 saturated carbocycles. The minimum absolute atomic E-state index is 0.00568. The van der Waals surface area contributed by atoms with Crippen molar-refractivity contribution in [1.82, 2.24) is 15.1 Å². The first kappa shape index (κ1) is 30.0. The van der Waals surface area contributed by atoms with Gasteiger partial charge in [0, 0.05) is 25.9 Å². The van der Waals surface area contributed by atoms with Crippen LogP contribution in [-0.4, -0.2) is 74.9 Å². The van der Waals surface area contributed by atoms with Crippen molar-refractivity contribution in [1.29, 1.82) is 0 Å². The van der Waals surface area contributed by atoms with Crippen LogP contribution in [-0.2, 0) is 30.8 Å². The molecule has 2 amide bonds. The van der Waals surface area contributed by atoms with Gasteiger partial charge in [-0.05, 0) is 39.0 Å². The molecule has 0 spiro atoms. The summed E-state index contributed by atoms with van der Waals surface area (Å²) in [6.07, 6.45) is -5.60. The number of methoxy groups -OCH3 is 1. The first-order chi connectivity index (χ1) is 18.0. The quantitative estimate of drug-likeness (QED) is 0.464. The first-order valence-corrected chi connectivity index (χ1v) is 13.2. The third kappa shape index (κ3) is 6.92. The fourth-order valence-corrected chi connectivity index (χ4v) is 5.26. The highest BCUT2D eigenvalue weighted by Crippen LogP contribution is 2.40. The van der Waals surface area contributed by atoms with Gasteiger partial charge in [0.05, 0.1) is 37.6 Å². The number of alkyl halides is 3. The number of aryl methyl sites for hydroxylation is 1. The summed E-state index contributed by atoms with van der Waals surface area (Å²) in [6, 6.07) is 3.92. The average molecular weight is 578 g/mol. The van der Waals surface area contributed by atoms with Gasteiger partial charge in [-0.3, -0.25) is 19.1 Å². The molecule has 2 heterocycles. The molecule has 39 heavy (non-hydrogen) atoms. The third-order valence-corrected chi connectivity index (χ3v) is 7.62. The Bertz CT molecular complexity index is 1330. The lowest BCUT2D eigenvalue weighted by molar-refractivity contribution is -0.242. The molecular weight excluding hydrogens is 547 g/mol. The second kappa shape index (κ2) is 11.3. The Hall–Kier alpha value is -3.53. The molecule has 16 heteroatoms. The number of amides is 2. The van der Waals surface area contributed by atoms with Crippen LogP contribution in [0.1, 0.15) is 26.5 Å². The second-order valence-corrected chi connectivity index (χ2v) is 11.1. The third-order valence-electron chi connectivity index (χ3n) is 5.74. The fourth-order valence-electron chi connectivity index (χ4n) is 3.59. The SMILES string of the molecule is COCCn1cc(S(=O)(=O)N2C[C@H](CNC(C)=O)Oc3ccc(NC(=O)OC(C)(C)C(F)(F)F)cc32)c(C)n1. The summed E-state index contributed by atoms with van der Waals surface area (Å²) in [7, 11) is -2.75. The molecule has 0 radical (unpaired) electrons. The second-order valence-electron chi connectivity index (χ2n) is 9.25. The van der Waals surface area contributed by atoms with E-state index in [0.717, 1.165) is 4.31 Å². The van der Waals surface area contributed by atoms with Gasteiger partial charge in [0.15, 0.2) is 0 Å². The molecule has 1 aromatic carbocycles. The van der Waals surface area contributed by atoms with Gasteiger partial charge in [-0.1, -0.05) is 0 Å². The van der Waals surface area contributed by atoms with Gasteiger partial charge in [-0.2, -0.15) is 18.3 Å². The molecular formula is C23H30F3N5O7S. The maximum absolute atomic E-state index is 13.8. The molecule has 1 aromatic heterocycles. The number of nitrogens with one attached hydrogen (secondary N) is 2. The van der Waals surface area contributed by atoms with Crippen molar-refractivity contribution in [3.63, 3.8) is 0 Å². The van der Waals surface area contributed by atoms with Gasteiger partial charge in [0.1, 0.15) is 16.7 Å². The number of fused-ring (bicyclic) bond motifs is 1. The Balaban J connectivity index is 1.97. The Labute approximate surface area is 223 Å². The summed E-state index contributed by atoms with van der Waals surface area (Å²) >= 11 is 0. The smallest absolute Gasteiger partial charge is 0.427 e. The van der Waals surface area contributed by atoms with Gasteiger partial charge in [-0.15, -0.1) is 0 Å². The lowest BCUT2D eigenvalue weighted by Crippen LogP contribution is -2.48. The maximum Gasteiger partial charge on any atom is 0.427 e. The Morgan fingerprint density at radius 2 is 1.95 bits per heavy atom. The number of carbonyl (C=O) groups is 2. The van der Waals surface area contributed by atoms with Crippen molar-refractivity contribution >= 4 is 33.4 Å². The number of anilines is 2. The molecule has 1 atom stereocenters. The summed E-state index contributed by atoms with van der Waals surface area (Å²) in [5.74, 6) is -0.229. The highest BCUT2D eigenvalue weighted by molar-refractivity contribution is 7.92. The predicted molar refractivity (Wildman–Crippen MR) is 133 cm³/mol. The van der Waals surface area contributed by atoms with E-state index in [-0.39, 0.29) is 46.7 Å². The number of hydrogen-bond donors (Lipinski definition) is 2. The van der Waals surface area contributed by atoms with Crippen LogP contribution in [0.2, 0.25) is 0 Å². The molecule has 0 saturated heterocycles. The monoisotopic (exact) mass is 577 g/mol. The number of ether oxygens (including phenoxy) is 3. The minimum atomic E-state index is -4.81. The number of benzene rings is 1. The summed E-state index contributed by atoms with van der Waals surface area (Å²) in [4.78, 5) is 23.6. The maximum atomic E-state index is 13.8. The number of aromatic nitrogens is 2. The van der Waals surface area contributed by atoms with Gasteiger partial charge in [0.2, 0.25) is 11.5 Å². The molecule has 1 aliphatic heterocycles. The van der Waals surface area contributed by atoms with Crippen molar-refractivity contribution in [3.05, 3.63) is 30.1 Å². The van der Waals surface area contributed by atoms with Gasteiger partial charge >= 0.3 is 12.3 Å². The summed E-state index contributed by atoms with van der Waals surface area (Å²) in [5, 5.41) is 9.01. The number of nitrogens with zero attached hydrogens (tertiary/aromatic N) is 3. The van der Waals surface area contributed by atoms with E-state index in [1.54, 1.807) is 0 Å². The largest absolute Gasteiger partial charge is 0.484 e. The Morgan fingerprint density at radius 3 is 2.56 bits per heavy atom. The van der Waals surface area contributed by atoms with Gasteiger partial charge in [-0.25, -0.2) is 13.2 Å². The first-order valence-electron chi connectivity index (χ1n) is 11.7. The standard InChI is InChI=1S/C23H30F3N5O7S/c1-14-20(13-30(29-14)8-9-36-5)39(34,35)31-12-17(11-27-15(2)32)37-19-7-6-16(10-18(19)31)28-21(33)38-22(3,4)23(24,25)26/h6-7,10,13,17H,8-9,11-12H2,1-5H3,(H,27,32)(H,28,33)/t17-/m0/s1. The summed E-state index contributed by atoms with van der Waals surface area (Å²) < 4.78 is 84.9. The van der Waals surface area contributed by atoms with E-state index in [2.05, 4.69) is 20.5 Å². The zero-order chi connectivity index (χ0) is 29.2. The van der Waals surface area contributed by atoms with Crippen molar-refractivity contribution in [3.8, 4) is 5.75 Å². The molecule has 3 rings (SSSR count). The van der Waals surface area contributed by atoms with Crippen LogP contribution in [0.15, 0.2) is 29.3 Å². The Kier molecular flexibility index (Phi) is 8.69. The van der Waals surface area contributed by atoms with Crippen LogP contribution in [0.5, 0.6) is 5.75 Å². The molecule has 1 aliphatic rings. The number of hydrogen-bond acceptors (Lipinski definition) is 8. The highest BCUT2D eigenvalue weighted by atomic mass is 32.2. The zero-order valence-electron chi connectivity index (χ0n) is 22.0. The van der Waals surface area contributed by atoms with Crippen molar-refractivity contribution in [2.75, 3.05) is 36.4 Å². The van der Waals surface area contributed by atoms with E-state index in [1.165, 1.54) is 50.0 Å². The minimum Gasteiger partial charge on any atom is -0.484 e. The summed E-state index contributed by atoms with van der Waals surface area (Å²) in [5.41, 5.74) is -2.55. The van der Waals surface area contributed by atoms with Crippen LogP contribution < -0.4 is 19.7 Å². The van der Waals surface area contributed by atoms with Gasteiger partial charge in [0.25, 0.3) is 10.0 Å². The molecule has 0 aliphatic carbocycles. The van der Waals surface area contributed by atoms with E-state index in [4.69, 9.17) is 9.47 Å². The normalized spacial score (nSPS) is 15.8. The number of sulfonamides is 1. The summed E-state index contributed by atoms with van der Waals surface area (Å²) in [6.45, 7) is 4.64. The molecule has 12 nitrogen and oxygen atoms in total. The van der Waals surface area contributed by atoms with Gasteiger partial charge < -0.3 is 19.5 Å². The molecule has 0 unspecified atom stereocenters. The van der Waals surface area contributed by atoms with Crippen LogP contribution >= 0.6 is 0 Å². The Morgan fingerprint density at radius 1 is 1.26 bits per heavy atom.